The van der Waals surface area contributed by atoms with Gasteiger partial charge in [-0.25, -0.2) is 13.2 Å². The zero-order chi connectivity index (χ0) is 15.4. The lowest BCUT2D eigenvalue weighted by Gasteiger charge is -2.15. The van der Waals surface area contributed by atoms with Crippen molar-refractivity contribution in [2.45, 2.75) is 19.5 Å². The van der Waals surface area contributed by atoms with Crippen molar-refractivity contribution in [2.24, 2.45) is 0 Å². The first-order valence-corrected chi connectivity index (χ1v) is 6.38. The molecule has 0 bridgehead atoms. The number of benzene rings is 2. The second-order valence-electron chi connectivity index (χ2n) is 4.69. The lowest BCUT2D eigenvalue weighted by atomic mass is 10.1. The molecule has 108 valence electrons. The minimum atomic E-state index is -0.773. The van der Waals surface area contributed by atoms with Gasteiger partial charge in [-0.3, -0.25) is 0 Å². The van der Waals surface area contributed by atoms with E-state index in [4.69, 9.17) is 5.26 Å². The molecule has 0 fully saturated rings. The van der Waals surface area contributed by atoms with Gasteiger partial charge in [-0.05, 0) is 36.8 Å². The molecule has 1 atom stereocenters. The monoisotopic (exact) mass is 290 g/mol. The van der Waals surface area contributed by atoms with Gasteiger partial charge in [0.15, 0.2) is 0 Å². The van der Waals surface area contributed by atoms with E-state index in [0.29, 0.717) is 5.56 Å². The number of nitrogens with one attached hydrogen (secondary N) is 1. The quantitative estimate of drug-likeness (QED) is 0.929. The minimum absolute atomic E-state index is 0.0545. The molecule has 0 spiro atoms. The Morgan fingerprint density at radius 2 is 1.81 bits per heavy atom. The van der Waals surface area contributed by atoms with Gasteiger partial charge in [0, 0.05) is 18.2 Å². The van der Waals surface area contributed by atoms with Gasteiger partial charge in [-0.15, -0.1) is 0 Å². The summed E-state index contributed by atoms with van der Waals surface area (Å²) in [5, 5.41) is 11.6. The summed E-state index contributed by atoms with van der Waals surface area (Å²) in [4.78, 5) is 0. The minimum Gasteiger partial charge on any atom is -0.306 e. The molecule has 0 radical (unpaired) electrons. The van der Waals surface area contributed by atoms with E-state index in [0.717, 1.165) is 12.1 Å². The van der Waals surface area contributed by atoms with Crippen LogP contribution in [0.25, 0.3) is 0 Å². The average Bonchev–Trinajstić information content (AvgIpc) is 2.45. The Kier molecular flexibility index (Phi) is 4.61. The molecule has 21 heavy (non-hydrogen) atoms. The topological polar surface area (TPSA) is 35.8 Å². The SMILES string of the molecule is CC(NCc1c(F)cc(C#N)cc1F)c1cccc(F)c1. The van der Waals surface area contributed by atoms with Crippen molar-refractivity contribution in [2.75, 3.05) is 0 Å². The maximum absolute atomic E-state index is 13.7. The zero-order valence-electron chi connectivity index (χ0n) is 11.3. The third-order valence-corrected chi connectivity index (χ3v) is 3.20. The summed E-state index contributed by atoms with van der Waals surface area (Å²) in [6, 6.07) is 9.41. The maximum atomic E-state index is 13.7. The summed E-state index contributed by atoms with van der Waals surface area (Å²) in [6.45, 7) is 1.72. The van der Waals surface area contributed by atoms with Crippen LogP contribution in [0.1, 0.15) is 29.7 Å². The first kappa shape index (κ1) is 15.1. The summed E-state index contributed by atoms with van der Waals surface area (Å²) in [5.41, 5.74) is 0.480. The Morgan fingerprint density at radius 1 is 1.14 bits per heavy atom. The van der Waals surface area contributed by atoms with Crippen LogP contribution in [0.4, 0.5) is 13.2 Å². The van der Waals surface area contributed by atoms with E-state index in [1.54, 1.807) is 25.1 Å². The second kappa shape index (κ2) is 6.42. The highest BCUT2D eigenvalue weighted by molar-refractivity contribution is 5.34. The summed E-state index contributed by atoms with van der Waals surface area (Å²) < 4.78 is 40.6. The fourth-order valence-electron chi connectivity index (χ4n) is 1.99. The number of hydrogen-bond donors (Lipinski definition) is 1. The standard InChI is InChI=1S/C16H13F3N2/c1-10(12-3-2-4-13(17)7-12)21-9-14-15(18)5-11(8-20)6-16(14)19/h2-7,10,21H,9H2,1H3. The van der Waals surface area contributed by atoms with Crippen molar-refractivity contribution in [3.63, 3.8) is 0 Å². The van der Waals surface area contributed by atoms with Gasteiger partial charge < -0.3 is 5.32 Å². The second-order valence-corrected chi connectivity index (χ2v) is 4.69. The molecule has 2 aromatic carbocycles. The van der Waals surface area contributed by atoms with E-state index in [1.807, 2.05) is 0 Å². The van der Waals surface area contributed by atoms with E-state index < -0.39 is 11.6 Å². The van der Waals surface area contributed by atoms with Crippen LogP contribution in [0.15, 0.2) is 36.4 Å². The smallest absolute Gasteiger partial charge is 0.131 e. The van der Waals surface area contributed by atoms with E-state index in [2.05, 4.69) is 5.32 Å². The fraction of sp³-hybridized carbons (Fsp3) is 0.188. The van der Waals surface area contributed by atoms with Crippen LogP contribution in [0.5, 0.6) is 0 Å². The molecular weight excluding hydrogens is 277 g/mol. The van der Waals surface area contributed by atoms with E-state index in [-0.39, 0.29) is 29.5 Å². The van der Waals surface area contributed by atoms with E-state index >= 15 is 0 Å². The Bertz CT molecular complexity index is 669. The maximum Gasteiger partial charge on any atom is 0.131 e. The highest BCUT2D eigenvalue weighted by Crippen LogP contribution is 2.18. The van der Waals surface area contributed by atoms with Crippen LogP contribution >= 0.6 is 0 Å². The molecule has 0 aliphatic heterocycles. The molecule has 0 amide bonds. The molecule has 1 unspecified atom stereocenters. The number of hydrogen-bond acceptors (Lipinski definition) is 2. The van der Waals surface area contributed by atoms with Crippen LogP contribution in [0, 0.1) is 28.8 Å². The van der Waals surface area contributed by atoms with Gasteiger partial charge >= 0.3 is 0 Å². The number of nitrogens with zero attached hydrogens (tertiary/aromatic N) is 1. The largest absolute Gasteiger partial charge is 0.306 e. The first-order chi connectivity index (χ1) is 10.0. The summed E-state index contributed by atoms with van der Waals surface area (Å²) in [6.07, 6.45) is 0. The van der Waals surface area contributed by atoms with Crippen LogP contribution in [0.2, 0.25) is 0 Å². The molecule has 0 aromatic heterocycles. The average molecular weight is 290 g/mol. The molecule has 2 rings (SSSR count). The number of halogens is 3. The Labute approximate surface area is 120 Å². The van der Waals surface area contributed by atoms with Crippen molar-refractivity contribution in [3.8, 4) is 6.07 Å². The van der Waals surface area contributed by atoms with Gasteiger partial charge in [-0.1, -0.05) is 12.1 Å². The normalized spacial score (nSPS) is 12.0. The fourth-order valence-corrected chi connectivity index (χ4v) is 1.99. The molecular formula is C16H13F3N2. The molecule has 0 heterocycles. The molecule has 0 saturated carbocycles. The van der Waals surface area contributed by atoms with Crippen LogP contribution < -0.4 is 5.32 Å². The number of rotatable bonds is 4. The molecule has 0 aliphatic rings. The predicted molar refractivity (Wildman–Crippen MR) is 72.7 cm³/mol. The van der Waals surface area contributed by atoms with Gasteiger partial charge in [0.2, 0.25) is 0 Å². The van der Waals surface area contributed by atoms with Crippen LogP contribution in [-0.2, 0) is 6.54 Å². The molecule has 0 aliphatic carbocycles. The molecule has 5 heteroatoms. The van der Waals surface area contributed by atoms with Crippen LogP contribution in [-0.4, -0.2) is 0 Å². The third-order valence-electron chi connectivity index (χ3n) is 3.20. The summed E-state index contributed by atoms with van der Waals surface area (Å²) >= 11 is 0. The van der Waals surface area contributed by atoms with Gasteiger partial charge in [0.05, 0.1) is 11.6 Å². The lowest BCUT2D eigenvalue weighted by molar-refractivity contribution is 0.507. The van der Waals surface area contributed by atoms with Gasteiger partial charge in [-0.2, -0.15) is 5.26 Å². The molecule has 2 nitrogen and oxygen atoms in total. The first-order valence-electron chi connectivity index (χ1n) is 6.38. The Balaban J connectivity index is 2.12. The van der Waals surface area contributed by atoms with Gasteiger partial charge in [0.25, 0.3) is 0 Å². The van der Waals surface area contributed by atoms with E-state index in [1.165, 1.54) is 12.1 Å². The van der Waals surface area contributed by atoms with Crippen molar-refractivity contribution in [1.29, 1.82) is 5.26 Å². The zero-order valence-corrected chi connectivity index (χ0v) is 11.3. The van der Waals surface area contributed by atoms with Crippen molar-refractivity contribution in [3.05, 3.63) is 70.5 Å². The van der Waals surface area contributed by atoms with Crippen LogP contribution in [0.3, 0.4) is 0 Å². The van der Waals surface area contributed by atoms with Gasteiger partial charge in [0.1, 0.15) is 17.5 Å². The summed E-state index contributed by atoms with van der Waals surface area (Å²) in [5.74, 6) is -1.91. The number of nitriles is 1. The van der Waals surface area contributed by atoms with Crippen molar-refractivity contribution in [1.82, 2.24) is 5.32 Å². The third kappa shape index (κ3) is 3.61. The van der Waals surface area contributed by atoms with Crippen molar-refractivity contribution >= 4 is 0 Å². The van der Waals surface area contributed by atoms with Crippen molar-refractivity contribution < 1.29 is 13.2 Å². The predicted octanol–water partition coefficient (Wildman–Crippen LogP) is 3.83. The van der Waals surface area contributed by atoms with E-state index in [9.17, 15) is 13.2 Å². The summed E-state index contributed by atoms with van der Waals surface area (Å²) in [7, 11) is 0. The molecule has 1 N–H and O–H groups in total. The highest BCUT2D eigenvalue weighted by atomic mass is 19.1. The Morgan fingerprint density at radius 3 is 2.38 bits per heavy atom. The molecule has 0 saturated heterocycles. The highest BCUT2D eigenvalue weighted by Gasteiger charge is 2.13. The Hall–Kier alpha value is -2.32. The lowest BCUT2D eigenvalue weighted by Crippen LogP contribution is -2.20. The molecule has 2 aromatic rings.